The van der Waals surface area contributed by atoms with E-state index in [4.69, 9.17) is 17.2 Å². The van der Waals surface area contributed by atoms with Crippen LogP contribution in [0.5, 0.6) is 0 Å². The summed E-state index contributed by atoms with van der Waals surface area (Å²) in [5.41, 5.74) is 23.1. The van der Waals surface area contributed by atoms with E-state index in [1.807, 2.05) is 12.1 Å². The lowest BCUT2D eigenvalue weighted by atomic mass is 9.98. The maximum atomic E-state index is 6.27. The van der Waals surface area contributed by atoms with Crippen molar-refractivity contribution in [2.75, 3.05) is 57.3 Å². The van der Waals surface area contributed by atoms with E-state index in [-0.39, 0.29) is 0 Å². The quantitative estimate of drug-likeness (QED) is 0.0591. The number of benzene rings is 3. The summed E-state index contributed by atoms with van der Waals surface area (Å²) >= 11 is 0. The molecule has 1 heterocycles. The number of fused-ring (bicyclic) bond motifs is 3. The Hall–Kier alpha value is -3.23. The summed E-state index contributed by atoms with van der Waals surface area (Å²) in [6.45, 7) is 7.78. The van der Waals surface area contributed by atoms with E-state index < -0.39 is 0 Å². The third kappa shape index (κ3) is 7.42. The zero-order valence-electron chi connectivity index (χ0n) is 22.5. The van der Waals surface area contributed by atoms with Crippen LogP contribution >= 0.6 is 0 Å². The Labute approximate surface area is 226 Å². The molecule has 0 spiro atoms. The summed E-state index contributed by atoms with van der Waals surface area (Å²) in [5, 5.41) is 14.1. The molecule has 4 rings (SSSR count). The molecule has 0 aliphatic carbocycles. The van der Waals surface area contributed by atoms with Crippen molar-refractivity contribution < 1.29 is 4.57 Å². The van der Waals surface area contributed by atoms with Gasteiger partial charge in [-0.05, 0) is 94.9 Å². The minimum Gasteiger partial charge on any atom is -0.399 e. The second kappa shape index (κ2) is 14.6. The first-order valence-electron chi connectivity index (χ1n) is 14.0. The molecule has 0 amide bonds. The van der Waals surface area contributed by atoms with Gasteiger partial charge in [0.1, 0.15) is 0 Å². The number of hydrogen-bond acceptors (Lipinski definition) is 6. The van der Waals surface area contributed by atoms with E-state index in [0.717, 1.165) is 94.9 Å². The number of rotatable bonds is 16. The first kappa shape index (κ1) is 27.8. The van der Waals surface area contributed by atoms with Gasteiger partial charge in [0.05, 0.1) is 10.8 Å². The second-order valence-electron chi connectivity index (χ2n) is 9.90. The van der Waals surface area contributed by atoms with E-state index in [9.17, 15) is 0 Å². The van der Waals surface area contributed by atoms with Crippen molar-refractivity contribution in [2.45, 2.75) is 32.2 Å². The van der Waals surface area contributed by atoms with Crippen molar-refractivity contribution in [2.24, 2.45) is 5.73 Å². The molecule has 0 bridgehead atoms. The SMILES string of the molecule is NCCCNCCCNCCCNCCC[n+]1c(-c2ccccc2)c2cc(N)ccc2c2ccc(N)cc21. The number of hydrogen-bond donors (Lipinski definition) is 6. The number of nitrogen functional groups attached to an aromatic ring is 2. The predicted molar refractivity (Wildman–Crippen MR) is 162 cm³/mol. The summed E-state index contributed by atoms with van der Waals surface area (Å²) in [5.74, 6) is 0. The summed E-state index contributed by atoms with van der Waals surface area (Å²) in [4.78, 5) is 0. The number of aromatic nitrogens is 1. The van der Waals surface area contributed by atoms with Crippen LogP contribution in [0, 0.1) is 0 Å². The normalized spacial score (nSPS) is 11.5. The highest BCUT2D eigenvalue weighted by atomic mass is 15.0. The molecule has 0 radical (unpaired) electrons. The topological polar surface area (TPSA) is 118 Å². The van der Waals surface area contributed by atoms with Gasteiger partial charge in [-0.15, -0.1) is 0 Å². The predicted octanol–water partition coefficient (Wildman–Crippen LogP) is 3.40. The van der Waals surface area contributed by atoms with Crippen molar-refractivity contribution in [3.8, 4) is 11.3 Å². The Bertz CT molecular complexity index is 1290. The number of nitrogens with two attached hydrogens (primary N) is 3. The van der Waals surface area contributed by atoms with Crippen LogP contribution in [-0.2, 0) is 6.54 Å². The summed E-state index contributed by atoms with van der Waals surface area (Å²) < 4.78 is 2.42. The molecule has 0 saturated heterocycles. The smallest absolute Gasteiger partial charge is 0.220 e. The molecule has 0 saturated carbocycles. The second-order valence-corrected chi connectivity index (χ2v) is 9.90. The molecule has 7 nitrogen and oxygen atoms in total. The minimum atomic E-state index is 0.758. The summed E-state index contributed by atoms with van der Waals surface area (Å²) in [6.07, 6.45) is 4.33. The first-order valence-corrected chi connectivity index (χ1v) is 14.0. The average molecular weight is 515 g/mol. The van der Waals surface area contributed by atoms with Crippen molar-refractivity contribution in [3.63, 3.8) is 0 Å². The number of nitrogens with zero attached hydrogens (tertiary/aromatic N) is 1. The van der Waals surface area contributed by atoms with Crippen molar-refractivity contribution >= 4 is 33.1 Å². The molecular weight excluding hydrogens is 470 g/mol. The van der Waals surface area contributed by atoms with Crippen LogP contribution in [0.3, 0.4) is 0 Å². The van der Waals surface area contributed by atoms with Gasteiger partial charge >= 0.3 is 0 Å². The monoisotopic (exact) mass is 514 g/mol. The molecular formula is C31H44N7+. The fourth-order valence-electron chi connectivity index (χ4n) is 5.04. The van der Waals surface area contributed by atoms with Gasteiger partial charge in [0, 0.05) is 41.4 Å². The standard InChI is InChI=1S/C31H43N7/c32-14-4-15-35-16-5-17-36-18-6-19-37-20-7-21-38-30-23-26(34)11-13-28(30)27-12-10-25(33)22-29(27)31(38)24-8-2-1-3-9-24/h1-3,8-13,22-23,34-37H,4-7,14-21,32-33H2/p+1. The van der Waals surface area contributed by atoms with Gasteiger partial charge < -0.3 is 33.2 Å². The third-order valence-corrected chi connectivity index (χ3v) is 6.93. The lowest BCUT2D eigenvalue weighted by molar-refractivity contribution is -0.659. The van der Waals surface area contributed by atoms with Crippen LogP contribution in [0.4, 0.5) is 11.4 Å². The van der Waals surface area contributed by atoms with Gasteiger partial charge in [0.2, 0.25) is 11.2 Å². The highest BCUT2D eigenvalue weighted by molar-refractivity contribution is 6.10. The number of pyridine rings is 1. The molecule has 1 aromatic heterocycles. The Balaban J connectivity index is 1.38. The maximum Gasteiger partial charge on any atom is 0.220 e. The summed E-state index contributed by atoms with van der Waals surface area (Å²) in [6, 6.07) is 23.0. The zero-order valence-corrected chi connectivity index (χ0v) is 22.5. The fourth-order valence-corrected chi connectivity index (χ4v) is 5.04. The molecule has 4 aromatic rings. The Morgan fingerprint density at radius 3 is 1.82 bits per heavy atom. The van der Waals surface area contributed by atoms with Gasteiger partial charge in [0.25, 0.3) is 0 Å². The molecule has 3 aromatic carbocycles. The van der Waals surface area contributed by atoms with Crippen LogP contribution in [0.1, 0.15) is 25.7 Å². The Morgan fingerprint density at radius 2 is 1.16 bits per heavy atom. The third-order valence-electron chi connectivity index (χ3n) is 6.93. The summed E-state index contributed by atoms with van der Waals surface area (Å²) in [7, 11) is 0. The fraction of sp³-hybridized carbons (Fsp3) is 0.387. The van der Waals surface area contributed by atoms with Crippen LogP contribution in [-0.4, -0.2) is 45.8 Å². The zero-order chi connectivity index (χ0) is 26.6. The Kier molecular flexibility index (Phi) is 10.7. The van der Waals surface area contributed by atoms with E-state index in [2.05, 4.69) is 75.1 Å². The van der Waals surface area contributed by atoms with Gasteiger partial charge in [-0.2, -0.15) is 4.57 Å². The molecule has 9 N–H and O–H groups in total. The highest BCUT2D eigenvalue weighted by Gasteiger charge is 2.23. The minimum absolute atomic E-state index is 0.758. The van der Waals surface area contributed by atoms with Gasteiger partial charge in [-0.1, -0.05) is 24.3 Å². The first-order chi connectivity index (χ1) is 18.7. The van der Waals surface area contributed by atoms with E-state index in [1.165, 1.54) is 27.4 Å². The van der Waals surface area contributed by atoms with E-state index in [0.29, 0.717) is 0 Å². The number of nitrogens with one attached hydrogen (secondary N) is 3. The molecule has 7 heteroatoms. The van der Waals surface area contributed by atoms with Crippen LogP contribution in [0.25, 0.3) is 32.9 Å². The number of anilines is 2. The molecule has 38 heavy (non-hydrogen) atoms. The van der Waals surface area contributed by atoms with Crippen molar-refractivity contribution in [1.82, 2.24) is 16.0 Å². The van der Waals surface area contributed by atoms with Crippen LogP contribution in [0.2, 0.25) is 0 Å². The van der Waals surface area contributed by atoms with Crippen molar-refractivity contribution in [3.05, 3.63) is 66.7 Å². The molecule has 202 valence electrons. The van der Waals surface area contributed by atoms with E-state index >= 15 is 0 Å². The molecule has 0 atom stereocenters. The molecule has 0 unspecified atom stereocenters. The number of aryl methyl sites for hydroxylation is 1. The van der Waals surface area contributed by atoms with Gasteiger partial charge in [0.15, 0.2) is 6.54 Å². The highest BCUT2D eigenvalue weighted by Crippen LogP contribution is 2.33. The van der Waals surface area contributed by atoms with Crippen molar-refractivity contribution in [1.29, 1.82) is 0 Å². The maximum absolute atomic E-state index is 6.27. The molecule has 0 aliphatic heterocycles. The lowest BCUT2D eigenvalue weighted by Gasteiger charge is -2.13. The van der Waals surface area contributed by atoms with Crippen LogP contribution < -0.4 is 37.7 Å². The van der Waals surface area contributed by atoms with Gasteiger partial charge in [-0.3, -0.25) is 0 Å². The van der Waals surface area contributed by atoms with Gasteiger partial charge in [-0.25, -0.2) is 0 Å². The average Bonchev–Trinajstić information content (AvgIpc) is 2.93. The molecule has 0 fully saturated rings. The van der Waals surface area contributed by atoms with E-state index in [1.54, 1.807) is 0 Å². The Morgan fingerprint density at radius 1 is 0.579 bits per heavy atom. The largest absolute Gasteiger partial charge is 0.399 e. The lowest BCUT2D eigenvalue weighted by Crippen LogP contribution is -2.39. The van der Waals surface area contributed by atoms with Crippen LogP contribution in [0.15, 0.2) is 66.7 Å². The molecule has 0 aliphatic rings.